The molecule has 1 rings (SSSR count). The van der Waals surface area contributed by atoms with Crippen LogP contribution in [0, 0.1) is 12.3 Å². The summed E-state index contributed by atoms with van der Waals surface area (Å²) in [6.07, 6.45) is 0. The molecule has 0 aromatic heterocycles. The zero-order valence-corrected chi connectivity index (χ0v) is 10.7. The lowest BCUT2D eigenvalue weighted by atomic mass is 9.95. The van der Waals surface area contributed by atoms with Crippen LogP contribution >= 0.6 is 0 Å². The van der Waals surface area contributed by atoms with Crippen molar-refractivity contribution in [2.75, 3.05) is 19.5 Å². The molecule has 1 aromatic rings. The van der Waals surface area contributed by atoms with Crippen molar-refractivity contribution in [2.24, 2.45) is 5.41 Å². The molecule has 0 aliphatic carbocycles. The van der Waals surface area contributed by atoms with Crippen molar-refractivity contribution in [1.82, 2.24) is 0 Å². The maximum Gasteiger partial charge on any atom is 0.314 e. The van der Waals surface area contributed by atoms with E-state index in [-0.39, 0.29) is 12.6 Å². The van der Waals surface area contributed by atoms with Gasteiger partial charge in [-0.3, -0.25) is 4.79 Å². The number of hydrogen-bond acceptors (Lipinski definition) is 4. The smallest absolute Gasteiger partial charge is 0.314 e. The normalized spacial score (nSPS) is 11.1. The molecule has 0 bridgehead atoms. The number of rotatable bonds is 4. The molecule has 4 heteroatoms. The third kappa shape index (κ3) is 3.12. The Bertz CT molecular complexity index is 393. The molecule has 0 saturated carbocycles. The highest BCUT2D eigenvalue weighted by Gasteiger charge is 2.30. The Morgan fingerprint density at radius 1 is 1.41 bits per heavy atom. The van der Waals surface area contributed by atoms with E-state index in [1.807, 2.05) is 19.1 Å². The summed E-state index contributed by atoms with van der Waals surface area (Å²) in [5.74, 6) is 0.328. The van der Waals surface area contributed by atoms with Crippen LogP contribution in [0.4, 0.5) is 5.69 Å². The van der Waals surface area contributed by atoms with Crippen LogP contribution in [0.5, 0.6) is 5.75 Å². The van der Waals surface area contributed by atoms with Gasteiger partial charge < -0.3 is 15.2 Å². The molecule has 0 atom stereocenters. The average Bonchev–Trinajstić information content (AvgIpc) is 2.27. The van der Waals surface area contributed by atoms with Gasteiger partial charge in [-0.15, -0.1) is 0 Å². The number of aryl methyl sites for hydroxylation is 1. The molecule has 0 spiro atoms. The van der Waals surface area contributed by atoms with Crippen molar-refractivity contribution in [3.8, 4) is 5.75 Å². The van der Waals surface area contributed by atoms with E-state index in [0.717, 1.165) is 5.56 Å². The van der Waals surface area contributed by atoms with Gasteiger partial charge in [0.2, 0.25) is 0 Å². The van der Waals surface area contributed by atoms with E-state index in [4.69, 9.17) is 15.2 Å². The summed E-state index contributed by atoms with van der Waals surface area (Å²) in [4.78, 5) is 11.5. The highest BCUT2D eigenvalue weighted by atomic mass is 16.5. The van der Waals surface area contributed by atoms with Crippen LogP contribution in [0.25, 0.3) is 0 Å². The number of esters is 1. The SMILES string of the molecule is COC(=O)C(C)(C)COc1c(C)cccc1N. The van der Waals surface area contributed by atoms with Crippen molar-refractivity contribution < 1.29 is 14.3 Å². The van der Waals surface area contributed by atoms with Crippen LogP contribution in [-0.4, -0.2) is 19.7 Å². The van der Waals surface area contributed by atoms with E-state index in [1.54, 1.807) is 19.9 Å². The first-order chi connectivity index (χ1) is 7.88. The van der Waals surface area contributed by atoms with Crippen molar-refractivity contribution in [1.29, 1.82) is 0 Å². The number of methoxy groups -OCH3 is 1. The fourth-order valence-electron chi connectivity index (χ4n) is 1.46. The van der Waals surface area contributed by atoms with Crippen LogP contribution in [0.2, 0.25) is 0 Å². The first-order valence-corrected chi connectivity index (χ1v) is 5.45. The highest BCUT2D eigenvalue weighted by molar-refractivity contribution is 5.76. The largest absolute Gasteiger partial charge is 0.490 e. The first kappa shape index (κ1) is 13.4. The van der Waals surface area contributed by atoms with Gasteiger partial charge in [-0.2, -0.15) is 0 Å². The van der Waals surface area contributed by atoms with E-state index in [0.29, 0.717) is 11.4 Å². The summed E-state index contributed by atoms with van der Waals surface area (Å²) >= 11 is 0. The number of ether oxygens (including phenoxy) is 2. The predicted octanol–water partition coefficient (Wildman–Crippen LogP) is 2.16. The second-order valence-electron chi connectivity index (χ2n) is 4.66. The van der Waals surface area contributed by atoms with E-state index < -0.39 is 5.41 Å². The monoisotopic (exact) mass is 237 g/mol. The van der Waals surface area contributed by atoms with Gasteiger partial charge in [0.05, 0.1) is 18.2 Å². The first-order valence-electron chi connectivity index (χ1n) is 5.45. The molecule has 0 aliphatic heterocycles. The summed E-state index contributed by atoms with van der Waals surface area (Å²) in [7, 11) is 1.37. The molecule has 0 saturated heterocycles. The number of benzene rings is 1. The Morgan fingerprint density at radius 3 is 2.59 bits per heavy atom. The fourth-order valence-corrected chi connectivity index (χ4v) is 1.46. The Hall–Kier alpha value is -1.71. The summed E-state index contributed by atoms with van der Waals surface area (Å²) in [5, 5.41) is 0. The summed E-state index contributed by atoms with van der Waals surface area (Å²) in [6.45, 7) is 5.69. The summed E-state index contributed by atoms with van der Waals surface area (Å²) < 4.78 is 10.3. The second kappa shape index (κ2) is 5.08. The van der Waals surface area contributed by atoms with Gasteiger partial charge in [0.25, 0.3) is 0 Å². The molecule has 0 radical (unpaired) electrons. The quantitative estimate of drug-likeness (QED) is 0.644. The van der Waals surface area contributed by atoms with Crippen LogP contribution in [0.3, 0.4) is 0 Å². The number of para-hydroxylation sites is 1. The van der Waals surface area contributed by atoms with E-state index in [1.165, 1.54) is 7.11 Å². The minimum Gasteiger partial charge on any atom is -0.490 e. The molecule has 0 unspecified atom stereocenters. The minimum absolute atomic E-state index is 0.231. The van der Waals surface area contributed by atoms with Gasteiger partial charge in [-0.05, 0) is 32.4 Å². The van der Waals surface area contributed by atoms with Crippen LogP contribution in [0.15, 0.2) is 18.2 Å². The van der Waals surface area contributed by atoms with Crippen LogP contribution in [-0.2, 0) is 9.53 Å². The lowest BCUT2D eigenvalue weighted by Crippen LogP contribution is -2.32. The van der Waals surface area contributed by atoms with Crippen molar-refractivity contribution in [3.05, 3.63) is 23.8 Å². The minimum atomic E-state index is -0.691. The van der Waals surface area contributed by atoms with Gasteiger partial charge in [0, 0.05) is 0 Å². The predicted molar refractivity (Wildman–Crippen MR) is 66.9 cm³/mol. The average molecular weight is 237 g/mol. The van der Waals surface area contributed by atoms with E-state index >= 15 is 0 Å². The van der Waals surface area contributed by atoms with Crippen LogP contribution in [0.1, 0.15) is 19.4 Å². The molecule has 0 amide bonds. The zero-order valence-electron chi connectivity index (χ0n) is 10.7. The van der Waals surface area contributed by atoms with Gasteiger partial charge in [-0.25, -0.2) is 0 Å². The van der Waals surface area contributed by atoms with Gasteiger partial charge >= 0.3 is 5.97 Å². The standard InChI is InChI=1S/C13H19NO3/c1-9-6-5-7-10(14)11(9)17-8-13(2,3)12(15)16-4/h5-7H,8,14H2,1-4H3. The number of nitrogen functional groups attached to an aromatic ring is 1. The number of nitrogens with two attached hydrogens (primary N) is 1. The van der Waals surface area contributed by atoms with Gasteiger partial charge in [-0.1, -0.05) is 12.1 Å². The Morgan fingerprint density at radius 2 is 2.06 bits per heavy atom. The van der Waals surface area contributed by atoms with Gasteiger partial charge in [0.15, 0.2) is 0 Å². The third-order valence-corrected chi connectivity index (χ3v) is 2.56. The molecule has 0 fully saturated rings. The third-order valence-electron chi connectivity index (χ3n) is 2.56. The topological polar surface area (TPSA) is 61.5 Å². The molecule has 0 heterocycles. The maximum absolute atomic E-state index is 11.5. The highest BCUT2D eigenvalue weighted by Crippen LogP contribution is 2.28. The molecule has 1 aromatic carbocycles. The summed E-state index contributed by atoms with van der Waals surface area (Å²) in [6, 6.07) is 5.55. The number of carbonyl (C=O) groups excluding carboxylic acids is 1. The molecular formula is C13H19NO3. The molecule has 94 valence electrons. The number of hydrogen-bond donors (Lipinski definition) is 1. The van der Waals surface area contributed by atoms with E-state index in [2.05, 4.69) is 0 Å². The van der Waals surface area contributed by atoms with E-state index in [9.17, 15) is 4.79 Å². The molecule has 17 heavy (non-hydrogen) atoms. The van der Waals surface area contributed by atoms with Crippen LogP contribution < -0.4 is 10.5 Å². The second-order valence-corrected chi connectivity index (χ2v) is 4.66. The molecular weight excluding hydrogens is 218 g/mol. The number of anilines is 1. The molecule has 4 nitrogen and oxygen atoms in total. The van der Waals surface area contributed by atoms with Crippen molar-refractivity contribution in [2.45, 2.75) is 20.8 Å². The Balaban J connectivity index is 2.77. The molecule has 2 N–H and O–H groups in total. The lowest BCUT2D eigenvalue weighted by molar-refractivity contribution is -0.152. The maximum atomic E-state index is 11.5. The Kier molecular flexibility index (Phi) is 3.99. The Labute approximate surface area is 102 Å². The fraction of sp³-hybridized carbons (Fsp3) is 0.462. The molecule has 0 aliphatic rings. The zero-order chi connectivity index (χ0) is 13.1. The van der Waals surface area contributed by atoms with Crippen molar-refractivity contribution in [3.63, 3.8) is 0 Å². The number of carbonyl (C=O) groups is 1. The summed E-state index contributed by atoms with van der Waals surface area (Å²) in [5.41, 5.74) is 6.65. The lowest BCUT2D eigenvalue weighted by Gasteiger charge is -2.22. The van der Waals surface area contributed by atoms with Crippen molar-refractivity contribution >= 4 is 11.7 Å². The van der Waals surface area contributed by atoms with Gasteiger partial charge in [0.1, 0.15) is 12.4 Å².